The van der Waals surface area contributed by atoms with E-state index < -0.39 is 0 Å². The molecule has 0 spiro atoms. The lowest BCUT2D eigenvalue weighted by Crippen LogP contribution is -2.52. The van der Waals surface area contributed by atoms with Gasteiger partial charge in [0, 0.05) is 23.7 Å². The van der Waals surface area contributed by atoms with E-state index in [-0.39, 0.29) is 12.1 Å². The molecule has 102 valence electrons. The molecule has 1 aliphatic carbocycles. The van der Waals surface area contributed by atoms with E-state index in [4.69, 9.17) is 4.74 Å². The number of aliphatic hydroxyl groups excluding tert-OH is 1. The van der Waals surface area contributed by atoms with Gasteiger partial charge in [-0.05, 0) is 44.8 Å². The summed E-state index contributed by atoms with van der Waals surface area (Å²) in [6.07, 6.45) is 6.56. The van der Waals surface area contributed by atoms with Crippen molar-refractivity contribution in [3.63, 3.8) is 0 Å². The van der Waals surface area contributed by atoms with Gasteiger partial charge in [-0.3, -0.25) is 0 Å². The molecular formula is C15H25NO2. The molecule has 1 aliphatic heterocycles. The topological polar surface area (TPSA) is 32.7 Å². The van der Waals surface area contributed by atoms with Gasteiger partial charge in [-0.25, -0.2) is 0 Å². The molecule has 2 rings (SSSR count). The van der Waals surface area contributed by atoms with Crippen molar-refractivity contribution in [2.24, 2.45) is 11.8 Å². The number of β-amino-alcohol motifs (C(OH)–C–C–N with tert-alkyl or cyclic N) is 1. The number of fused-ring (bicyclic) bond motifs is 1. The second-order valence-corrected chi connectivity index (χ2v) is 6.09. The standard InChI is InChI=1S/C15H25NO2/c1-11-10-15(2,3)16(7-8-17)14-9-12(18-4)5-6-13(11)14/h5,9,11,13,17H,6-8,10H2,1-4H3. The molecule has 0 amide bonds. The largest absolute Gasteiger partial charge is 0.497 e. The number of hydrogen-bond acceptors (Lipinski definition) is 3. The number of ether oxygens (including phenoxy) is 1. The Morgan fingerprint density at radius 3 is 2.83 bits per heavy atom. The number of allylic oxidation sites excluding steroid dienone is 3. The molecule has 18 heavy (non-hydrogen) atoms. The van der Waals surface area contributed by atoms with E-state index in [0.29, 0.717) is 18.4 Å². The first kappa shape index (κ1) is 13.5. The molecule has 0 aromatic heterocycles. The van der Waals surface area contributed by atoms with Crippen LogP contribution in [0.1, 0.15) is 33.6 Å². The van der Waals surface area contributed by atoms with Crippen LogP contribution in [0.5, 0.6) is 0 Å². The fraction of sp³-hybridized carbons (Fsp3) is 0.733. The Morgan fingerprint density at radius 1 is 1.50 bits per heavy atom. The summed E-state index contributed by atoms with van der Waals surface area (Å²) in [5.74, 6) is 2.20. The van der Waals surface area contributed by atoms with Crippen molar-refractivity contribution >= 4 is 0 Å². The molecule has 0 aromatic carbocycles. The lowest BCUT2D eigenvalue weighted by Gasteiger charge is -2.52. The first-order valence-electron chi connectivity index (χ1n) is 6.84. The van der Waals surface area contributed by atoms with Gasteiger partial charge >= 0.3 is 0 Å². The lowest BCUT2D eigenvalue weighted by molar-refractivity contribution is 0.0438. The maximum Gasteiger partial charge on any atom is 0.116 e. The van der Waals surface area contributed by atoms with Gasteiger partial charge in [-0.15, -0.1) is 0 Å². The number of aliphatic hydroxyl groups is 1. The highest BCUT2D eigenvalue weighted by molar-refractivity contribution is 5.29. The SMILES string of the molecule is COC1=CCC2C(=C1)N(CCO)C(C)(C)CC2C. The number of hydrogen-bond donors (Lipinski definition) is 1. The first-order valence-corrected chi connectivity index (χ1v) is 6.84. The molecule has 0 bridgehead atoms. The van der Waals surface area contributed by atoms with E-state index in [1.54, 1.807) is 7.11 Å². The minimum Gasteiger partial charge on any atom is -0.497 e. The minimum absolute atomic E-state index is 0.112. The van der Waals surface area contributed by atoms with E-state index in [0.717, 1.165) is 12.2 Å². The van der Waals surface area contributed by atoms with Crippen molar-refractivity contribution in [1.29, 1.82) is 0 Å². The molecule has 2 aliphatic rings. The third-order valence-corrected chi connectivity index (χ3v) is 4.35. The third-order valence-electron chi connectivity index (χ3n) is 4.35. The average molecular weight is 251 g/mol. The first-order chi connectivity index (χ1) is 8.49. The number of methoxy groups -OCH3 is 1. The maximum absolute atomic E-state index is 9.32. The highest BCUT2D eigenvalue weighted by atomic mass is 16.5. The second kappa shape index (κ2) is 4.96. The van der Waals surface area contributed by atoms with Crippen molar-refractivity contribution in [3.05, 3.63) is 23.6 Å². The van der Waals surface area contributed by atoms with Crippen molar-refractivity contribution in [2.45, 2.75) is 39.2 Å². The van der Waals surface area contributed by atoms with Gasteiger partial charge in [0.2, 0.25) is 0 Å². The number of rotatable bonds is 3. The van der Waals surface area contributed by atoms with Gasteiger partial charge in [0.15, 0.2) is 0 Å². The molecular weight excluding hydrogens is 226 g/mol. The summed E-state index contributed by atoms with van der Waals surface area (Å²) in [5.41, 5.74) is 1.45. The van der Waals surface area contributed by atoms with Crippen LogP contribution in [0, 0.1) is 11.8 Å². The minimum atomic E-state index is 0.112. The molecule has 1 N–H and O–H groups in total. The molecule has 1 fully saturated rings. The quantitative estimate of drug-likeness (QED) is 0.836. The Labute approximate surface area is 110 Å². The Bertz CT molecular complexity index is 371. The summed E-state index contributed by atoms with van der Waals surface area (Å²) in [6.45, 7) is 7.77. The zero-order chi connectivity index (χ0) is 13.3. The maximum atomic E-state index is 9.32. The molecule has 0 aromatic rings. The Morgan fingerprint density at radius 2 is 2.22 bits per heavy atom. The van der Waals surface area contributed by atoms with Gasteiger partial charge < -0.3 is 14.7 Å². The zero-order valence-corrected chi connectivity index (χ0v) is 11.9. The number of piperidine rings is 1. The normalized spacial score (nSPS) is 30.4. The molecule has 3 heteroatoms. The van der Waals surface area contributed by atoms with Crippen LogP contribution in [-0.2, 0) is 4.74 Å². The summed E-state index contributed by atoms with van der Waals surface area (Å²) >= 11 is 0. The summed E-state index contributed by atoms with van der Waals surface area (Å²) < 4.78 is 5.37. The molecule has 0 radical (unpaired) electrons. The summed E-state index contributed by atoms with van der Waals surface area (Å²) in [4.78, 5) is 2.36. The van der Waals surface area contributed by atoms with Crippen LogP contribution in [0.3, 0.4) is 0 Å². The number of nitrogens with zero attached hydrogens (tertiary/aromatic N) is 1. The highest BCUT2D eigenvalue weighted by Crippen LogP contribution is 2.44. The van der Waals surface area contributed by atoms with Crippen molar-refractivity contribution in [3.8, 4) is 0 Å². The van der Waals surface area contributed by atoms with Crippen molar-refractivity contribution in [1.82, 2.24) is 4.90 Å². The lowest BCUT2D eigenvalue weighted by atomic mass is 9.72. The van der Waals surface area contributed by atoms with Crippen LogP contribution in [0.4, 0.5) is 0 Å². The summed E-state index contributed by atoms with van der Waals surface area (Å²) in [7, 11) is 1.72. The number of likely N-dealkylation sites (tertiary alicyclic amines) is 1. The molecule has 1 saturated heterocycles. The molecule has 0 saturated carbocycles. The van der Waals surface area contributed by atoms with Gasteiger partial charge in [-0.2, -0.15) is 0 Å². The van der Waals surface area contributed by atoms with Crippen LogP contribution < -0.4 is 0 Å². The van der Waals surface area contributed by atoms with Gasteiger partial charge in [0.1, 0.15) is 5.76 Å². The third kappa shape index (κ3) is 2.28. The van der Waals surface area contributed by atoms with E-state index in [2.05, 4.69) is 37.8 Å². The van der Waals surface area contributed by atoms with Crippen molar-refractivity contribution < 1.29 is 9.84 Å². The van der Waals surface area contributed by atoms with E-state index in [1.165, 1.54) is 12.1 Å². The van der Waals surface area contributed by atoms with Crippen LogP contribution >= 0.6 is 0 Å². The predicted octanol–water partition coefficient (Wildman–Crippen LogP) is 2.53. The summed E-state index contributed by atoms with van der Waals surface area (Å²) in [6, 6.07) is 0. The summed E-state index contributed by atoms with van der Waals surface area (Å²) in [5, 5.41) is 9.32. The molecule has 2 unspecified atom stereocenters. The smallest absolute Gasteiger partial charge is 0.116 e. The highest BCUT2D eigenvalue weighted by Gasteiger charge is 2.41. The van der Waals surface area contributed by atoms with Crippen LogP contribution in [0.2, 0.25) is 0 Å². The van der Waals surface area contributed by atoms with E-state index in [1.807, 2.05) is 0 Å². The molecule has 3 nitrogen and oxygen atoms in total. The van der Waals surface area contributed by atoms with Gasteiger partial charge in [0.25, 0.3) is 0 Å². The van der Waals surface area contributed by atoms with E-state index in [9.17, 15) is 5.11 Å². The monoisotopic (exact) mass is 251 g/mol. The zero-order valence-electron chi connectivity index (χ0n) is 11.9. The fourth-order valence-corrected chi connectivity index (χ4v) is 3.54. The Balaban J connectivity index is 2.35. The predicted molar refractivity (Wildman–Crippen MR) is 72.9 cm³/mol. The van der Waals surface area contributed by atoms with Crippen molar-refractivity contribution in [2.75, 3.05) is 20.3 Å². The molecule has 2 atom stereocenters. The average Bonchev–Trinajstić information content (AvgIpc) is 2.33. The van der Waals surface area contributed by atoms with Gasteiger partial charge in [0.05, 0.1) is 13.7 Å². The Hall–Kier alpha value is -0.960. The van der Waals surface area contributed by atoms with E-state index >= 15 is 0 Å². The van der Waals surface area contributed by atoms with Gasteiger partial charge in [-0.1, -0.05) is 6.92 Å². The Kier molecular flexibility index (Phi) is 3.71. The second-order valence-electron chi connectivity index (χ2n) is 6.09. The van der Waals surface area contributed by atoms with Crippen LogP contribution in [-0.4, -0.2) is 35.8 Å². The molecule has 1 heterocycles. The fourth-order valence-electron chi connectivity index (χ4n) is 3.54. The van der Waals surface area contributed by atoms with Crippen LogP contribution in [0.25, 0.3) is 0 Å². The van der Waals surface area contributed by atoms with Crippen LogP contribution in [0.15, 0.2) is 23.6 Å².